The highest BCUT2D eigenvalue weighted by molar-refractivity contribution is 7.22. The highest BCUT2D eigenvalue weighted by atomic mass is 32.1. The molecule has 1 fully saturated rings. The number of amides is 1. The Morgan fingerprint density at radius 3 is 2.71 bits per heavy atom. The quantitative estimate of drug-likeness (QED) is 0.141. The van der Waals surface area contributed by atoms with Gasteiger partial charge in [0.1, 0.15) is 23.4 Å². The van der Waals surface area contributed by atoms with Gasteiger partial charge in [-0.05, 0) is 79.9 Å². The van der Waals surface area contributed by atoms with E-state index in [0.29, 0.717) is 52.5 Å². The van der Waals surface area contributed by atoms with Gasteiger partial charge in [0.05, 0.1) is 35.0 Å². The van der Waals surface area contributed by atoms with Gasteiger partial charge in [-0.15, -0.1) is 0 Å². The second-order valence-electron chi connectivity index (χ2n) is 10.2. The summed E-state index contributed by atoms with van der Waals surface area (Å²) in [5.41, 5.74) is 2.23. The first-order valence-electron chi connectivity index (χ1n) is 13.9. The Morgan fingerprint density at radius 2 is 1.93 bits per heavy atom. The fraction of sp³-hybridized carbons (Fsp3) is 0.281. The Balaban J connectivity index is 1.53. The predicted molar refractivity (Wildman–Crippen MR) is 158 cm³/mol. The number of fused-ring (bicyclic) bond motifs is 2. The lowest BCUT2D eigenvalue weighted by Gasteiger charge is -2.24. The third kappa shape index (κ3) is 4.85. The summed E-state index contributed by atoms with van der Waals surface area (Å²) >= 11 is 1.09. The van der Waals surface area contributed by atoms with Crippen molar-refractivity contribution in [1.29, 1.82) is 0 Å². The zero-order valence-corrected chi connectivity index (χ0v) is 24.2. The molecule has 0 bridgehead atoms. The topological polar surface area (TPSA) is 98.2 Å². The largest absolute Gasteiger partial charge is 0.507 e. The van der Waals surface area contributed by atoms with Crippen LogP contribution in [0.4, 0.5) is 9.52 Å². The number of hydrogen-bond acceptors (Lipinski definition) is 8. The van der Waals surface area contributed by atoms with Gasteiger partial charge >= 0.3 is 5.91 Å². The van der Waals surface area contributed by atoms with Crippen LogP contribution in [0, 0.1) is 5.82 Å². The number of aliphatic hydroxyl groups is 1. The van der Waals surface area contributed by atoms with Gasteiger partial charge in [-0.25, -0.2) is 9.37 Å². The second kappa shape index (κ2) is 11.1. The Kier molecular flexibility index (Phi) is 7.32. The van der Waals surface area contributed by atoms with E-state index in [2.05, 4.69) is 4.98 Å². The second-order valence-corrected chi connectivity index (χ2v) is 11.2. The summed E-state index contributed by atoms with van der Waals surface area (Å²) in [5, 5.41) is 11.8. The summed E-state index contributed by atoms with van der Waals surface area (Å²) in [7, 11) is 0. The molecule has 6 rings (SSSR count). The maximum Gasteiger partial charge on any atom is 0.301 e. The lowest BCUT2D eigenvalue weighted by atomic mass is 9.94. The highest BCUT2D eigenvalue weighted by Crippen LogP contribution is 2.46. The summed E-state index contributed by atoms with van der Waals surface area (Å²) in [4.78, 5) is 33.2. The molecule has 0 unspecified atom stereocenters. The summed E-state index contributed by atoms with van der Waals surface area (Å²) in [6.07, 6.45) is 1.46. The molecule has 1 N–H and O–H groups in total. The number of ketones is 1. The van der Waals surface area contributed by atoms with E-state index in [0.717, 1.165) is 29.1 Å². The number of halogens is 1. The first-order valence-corrected chi connectivity index (χ1v) is 14.7. The van der Waals surface area contributed by atoms with Gasteiger partial charge in [0.25, 0.3) is 5.78 Å². The third-order valence-electron chi connectivity index (χ3n) is 7.20. The molecule has 0 spiro atoms. The van der Waals surface area contributed by atoms with Crippen molar-refractivity contribution in [2.45, 2.75) is 45.8 Å². The molecule has 42 heavy (non-hydrogen) atoms. The van der Waals surface area contributed by atoms with Crippen LogP contribution in [-0.4, -0.2) is 41.1 Å². The van der Waals surface area contributed by atoms with Crippen LogP contribution >= 0.6 is 11.3 Å². The Morgan fingerprint density at radius 1 is 1.10 bits per heavy atom. The van der Waals surface area contributed by atoms with Crippen molar-refractivity contribution < 1.29 is 33.3 Å². The Bertz CT molecular complexity index is 1750. The normalized spacial score (nSPS) is 19.3. The van der Waals surface area contributed by atoms with Crippen molar-refractivity contribution in [3.8, 4) is 17.2 Å². The van der Waals surface area contributed by atoms with Crippen molar-refractivity contribution in [2.24, 2.45) is 0 Å². The van der Waals surface area contributed by atoms with E-state index >= 15 is 0 Å². The zero-order chi connectivity index (χ0) is 29.5. The number of aromatic nitrogens is 1. The number of Topliss-reactive ketones (excluding diaryl/α,β-unsaturated/α-hetero) is 1. The van der Waals surface area contributed by atoms with E-state index < -0.39 is 23.5 Å². The minimum absolute atomic E-state index is 0.00252. The SMILES string of the molecule is CCCOc1ccc([C@H]2/C(=C(\O)c3ccc4c(c3)C[C@H](C)O4)C(=O)C(=O)N2c2nc3ccc(F)cc3s2)cc1OCC. The van der Waals surface area contributed by atoms with Crippen LogP contribution in [0.3, 0.4) is 0 Å². The lowest BCUT2D eigenvalue weighted by molar-refractivity contribution is -0.132. The van der Waals surface area contributed by atoms with Crippen molar-refractivity contribution in [2.75, 3.05) is 18.1 Å². The maximum atomic E-state index is 14.0. The van der Waals surface area contributed by atoms with Crippen LogP contribution in [0.2, 0.25) is 0 Å². The number of hydrogen-bond donors (Lipinski definition) is 1. The van der Waals surface area contributed by atoms with Crippen molar-refractivity contribution in [3.05, 3.63) is 82.7 Å². The number of rotatable bonds is 8. The van der Waals surface area contributed by atoms with Crippen LogP contribution < -0.4 is 19.1 Å². The average Bonchev–Trinajstić information content (AvgIpc) is 3.63. The van der Waals surface area contributed by atoms with E-state index in [1.54, 1.807) is 36.4 Å². The van der Waals surface area contributed by atoms with Gasteiger partial charge in [0.2, 0.25) is 0 Å². The van der Waals surface area contributed by atoms with Crippen molar-refractivity contribution >= 4 is 44.1 Å². The number of anilines is 1. The van der Waals surface area contributed by atoms with Gasteiger partial charge in [-0.2, -0.15) is 0 Å². The molecule has 1 aromatic heterocycles. The molecular formula is C32H29FN2O6S. The molecule has 1 amide bonds. The number of ether oxygens (including phenoxy) is 3. The van der Waals surface area contributed by atoms with Crippen LogP contribution in [0.15, 0.2) is 60.2 Å². The van der Waals surface area contributed by atoms with Gasteiger partial charge in [0, 0.05) is 12.0 Å². The first-order chi connectivity index (χ1) is 20.3. The number of thiazole rings is 1. The van der Waals surface area contributed by atoms with E-state index in [4.69, 9.17) is 14.2 Å². The van der Waals surface area contributed by atoms with E-state index in [1.165, 1.54) is 23.1 Å². The standard InChI is InChI=1S/C32H29FN2O6S/c1-4-12-40-24-11-6-18(15-25(24)39-5-2)28-27(29(36)19-7-10-23-20(14-19)13-17(3)41-23)30(37)31(38)35(28)32-34-22-9-8-21(33)16-26(22)42-32/h6-11,14-17,28,36H,4-5,12-13H2,1-3H3/b29-27+/t17-,28-/m0/s1. The molecule has 10 heteroatoms. The Hall–Kier alpha value is -4.44. The fourth-order valence-corrected chi connectivity index (χ4v) is 6.37. The summed E-state index contributed by atoms with van der Waals surface area (Å²) in [5.74, 6) is -0.732. The van der Waals surface area contributed by atoms with Gasteiger partial charge in [-0.3, -0.25) is 14.5 Å². The number of benzene rings is 3. The number of carbonyl (C=O) groups is 2. The van der Waals surface area contributed by atoms with Crippen molar-refractivity contribution in [3.63, 3.8) is 0 Å². The molecule has 2 aliphatic heterocycles. The molecule has 0 aliphatic carbocycles. The summed E-state index contributed by atoms with van der Waals surface area (Å²) < 4.78 is 32.0. The van der Waals surface area contributed by atoms with E-state index in [-0.39, 0.29) is 22.6 Å². The van der Waals surface area contributed by atoms with Crippen LogP contribution in [-0.2, 0) is 16.0 Å². The van der Waals surface area contributed by atoms with Crippen LogP contribution in [0.25, 0.3) is 16.0 Å². The zero-order valence-electron chi connectivity index (χ0n) is 23.3. The molecule has 1 saturated heterocycles. The average molecular weight is 589 g/mol. The summed E-state index contributed by atoms with van der Waals surface area (Å²) in [6, 6.07) is 13.5. The van der Waals surface area contributed by atoms with E-state index in [9.17, 15) is 19.1 Å². The van der Waals surface area contributed by atoms with Gasteiger partial charge in [0.15, 0.2) is 16.6 Å². The third-order valence-corrected chi connectivity index (χ3v) is 8.22. The molecule has 2 aliphatic rings. The maximum absolute atomic E-state index is 14.0. The van der Waals surface area contributed by atoms with Crippen LogP contribution in [0.1, 0.15) is 49.9 Å². The fourth-order valence-electron chi connectivity index (χ4n) is 5.35. The summed E-state index contributed by atoms with van der Waals surface area (Å²) in [6.45, 7) is 6.66. The number of nitrogens with zero attached hydrogens (tertiary/aromatic N) is 2. The number of carbonyl (C=O) groups excluding carboxylic acids is 2. The smallest absolute Gasteiger partial charge is 0.301 e. The predicted octanol–water partition coefficient (Wildman–Crippen LogP) is 6.57. The lowest BCUT2D eigenvalue weighted by Crippen LogP contribution is -2.29. The molecule has 0 radical (unpaired) electrons. The Labute approximate surface area is 246 Å². The van der Waals surface area contributed by atoms with Crippen LogP contribution in [0.5, 0.6) is 17.2 Å². The molecule has 216 valence electrons. The minimum atomic E-state index is -1.03. The molecule has 3 aromatic carbocycles. The highest BCUT2D eigenvalue weighted by Gasteiger charge is 2.48. The van der Waals surface area contributed by atoms with Crippen molar-refractivity contribution in [1.82, 2.24) is 4.98 Å². The molecule has 4 aromatic rings. The monoisotopic (exact) mass is 588 g/mol. The molecule has 8 nitrogen and oxygen atoms in total. The molecule has 3 heterocycles. The first kappa shape index (κ1) is 27.7. The number of aliphatic hydroxyl groups excluding tert-OH is 1. The molecule has 2 atom stereocenters. The minimum Gasteiger partial charge on any atom is -0.507 e. The van der Waals surface area contributed by atoms with Gasteiger partial charge in [-0.1, -0.05) is 24.3 Å². The molecule has 0 saturated carbocycles. The van der Waals surface area contributed by atoms with Gasteiger partial charge < -0.3 is 19.3 Å². The van der Waals surface area contributed by atoms with E-state index in [1.807, 2.05) is 20.8 Å². The molecular weight excluding hydrogens is 559 g/mol.